The lowest BCUT2D eigenvalue weighted by Crippen LogP contribution is -2.60. The number of hydrogen-bond acceptors (Lipinski definition) is 3. The molecule has 1 unspecified atom stereocenters. The molecular formula is C12H14N2O3. The average Bonchev–Trinajstić information content (AvgIpc) is 2.34. The van der Waals surface area contributed by atoms with E-state index in [1.165, 1.54) is 0 Å². The summed E-state index contributed by atoms with van der Waals surface area (Å²) in [4.78, 5) is 22.5. The highest BCUT2D eigenvalue weighted by molar-refractivity contribution is 6.35. The summed E-state index contributed by atoms with van der Waals surface area (Å²) in [7, 11) is 1.59. The molecule has 0 radical (unpaired) electrons. The second kappa shape index (κ2) is 4.08. The van der Waals surface area contributed by atoms with Gasteiger partial charge in [0.05, 0.1) is 12.6 Å². The van der Waals surface area contributed by atoms with E-state index in [1.54, 1.807) is 7.11 Å². The fourth-order valence-corrected chi connectivity index (χ4v) is 1.83. The van der Waals surface area contributed by atoms with Crippen LogP contribution in [-0.4, -0.2) is 25.5 Å². The molecule has 0 spiro atoms. The van der Waals surface area contributed by atoms with Crippen molar-refractivity contribution in [2.24, 2.45) is 0 Å². The van der Waals surface area contributed by atoms with E-state index < -0.39 is 17.4 Å². The first-order valence-corrected chi connectivity index (χ1v) is 5.30. The normalized spacial score (nSPS) is 23.9. The second-order valence-electron chi connectivity index (χ2n) is 4.20. The summed E-state index contributed by atoms with van der Waals surface area (Å²) in [6, 6.07) is 7.41. The van der Waals surface area contributed by atoms with Gasteiger partial charge in [-0.25, -0.2) is 0 Å². The molecule has 0 bridgehead atoms. The number of carbonyl (C=O) groups is 2. The van der Waals surface area contributed by atoms with E-state index in [-0.39, 0.29) is 0 Å². The van der Waals surface area contributed by atoms with Gasteiger partial charge < -0.3 is 15.4 Å². The van der Waals surface area contributed by atoms with Crippen LogP contribution >= 0.6 is 0 Å². The molecule has 1 fully saturated rings. The summed E-state index contributed by atoms with van der Waals surface area (Å²) in [6.07, 6.45) is 0. The number of ether oxygens (including phenoxy) is 1. The van der Waals surface area contributed by atoms with E-state index in [1.807, 2.05) is 31.2 Å². The molecule has 1 heterocycles. The van der Waals surface area contributed by atoms with E-state index in [4.69, 9.17) is 4.74 Å². The quantitative estimate of drug-likeness (QED) is 0.716. The molecular weight excluding hydrogens is 220 g/mol. The number of methoxy groups -OCH3 is 1. The number of piperazine rings is 1. The molecule has 1 saturated heterocycles. The van der Waals surface area contributed by atoms with Gasteiger partial charge in [-0.1, -0.05) is 12.1 Å². The third kappa shape index (κ3) is 2.08. The summed E-state index contributed by atoms with van der Waals surface area (Å²) < 4.78 is 5.14. The monoisotopic (exact) mass is 234 g/mol. The van der Waals surface area contributed by atoms with Crippen molar-refractivity contribution in [2.45, 2.75) is 12.5 Å². The van der Waals surface area contributed by atoms with Gasteiger partial charge in [-0.05, 0) is 24.6 Å². The number of rotatable bonds is 2. The Morgan fingerprint density at radius 2 is 2.06 bits per heavy atom. The number of amides is 2. The Hall–Kier alpha value is -2.04. The van der Waals surface area contributed by atoms with Crippen LogP contribution in [0.5, 0.6) is 5.75 Å². The van der Waals surface area contributed by atoms with Gasteiger partial charge in [0.1, 0.15) is 5.75 Å². The van der Waals surface area contributed by atoms with Gasteiger partial charge in [0.15, 0.2) is 0 Å². The fraction of sp³-hybridized carbons (Fsp3) is 0.333. The number of hydrogen-bond donors (Lipinski definition) is 2. The molecule has 2 rings (SSSR count). The van der Waals surface area contributed by atoms with Crippen molar-refractivity contribution in [1.29, 1.82) is 0 Å². The molecule has 0 aliphatic carbocycles. The maximum atomic E-state index is 11.4. The minimum Gasteiger partial charge on any atom is -0.497 e. The van der Waals surface area contributed by atoms with E-state index in [2.05, 4.69) is 10.6 Å². The smallest absolute Gasteiger partial charge is 0.310 e. The third-order valence-corrected chi connectivity index (χ3v) is 2.91. The van der Waals surface area contributed by atoms with Crippen LogP contribution in [0.25, 0.3) is 0 Å². The molecule has 5 heteroatoms. The van der Waals surface area contributed by atoms with Crippen molar-refractivity contribution in [3.8, 4) is 5.75 Å². The van der Waals surface area contributed by atoms with Crippen LogP contribution in [0.15, 0.2) is 24.3 Å². The van der Waals surface area contributed by atoms with Gasteiger partial charge in [0, 0.05) is 6.54 Å². The minimum absolute atomic E-state index is 0.366. The van der Waals surface area contributed by atoms with Crippen molar-refractivity contribution in [3.05, 3.63) is 29.8 Å². The Morgan fingerprint density at radius 3 is 2.71 bits per heavy atom. The number of nitrogens with one attached hydrogen (secondary N) is 2. The van der Waals surface area contributed by atoms with Crippen molar-refractivity contribution in [3.63, 3.8) is 0 Å². The van der Waals surface area contributed by atoms with Crippen molar-refractivity contribution >= 4 is 11.8 Å². The van der Waals surface area contributed by atoms with Gasteiger partial charge in [-0.2, -0.15) is 0 Å². The Bertz CT molecular complexity index is 473. The standard InChI is InChI=1S/C12H14N2O3/c1-12(7-13-10(15)11(16)14-12)8-4-3-5-9(6-8)17-2/h3-6H,7H2,1-2H3,(H,13,15)(H,14,16). The molecule has 1 aromatic carbocycles. The van der Waals surface area contributed by atoms with Crippen LogP contribution in [-0.2, 0) is 15.1 Å². The first kappa shape index (κ1) is 11.4. The average molecular weight is 234 g/mol. The zero-order valence-electron chi connectivity index (χ0n) is 9.74. The predicted octanol–water partition coefficient (Wildman–Crippen LogP) is 0.156. The third-order valence-electron chi connectivity index (χ3n) is 2.91. The first-order valence-electron chi connectivity index (χ1n) is 5.30. The van der Waals surface area contributed by atoms with E-state index in [0.717, 1.165) is 11.3 Å². The zero-order chi connectivity index (χ0) is 12.5. The van der Waals surface area contributed by atoms with Crippen LogP contribution in [0.4, 0.5) is 0 Å². The van der Waals surface area contributed by atoms with Crippen LogP contribution < -0.4 is 15.4 Å². The van der Waals surface area contributed by atoms with Gasteiger partial charge in [0.2, 0.25) is 0 Å². The Labute approximate surface area is 99.2 Å². The molecule has 2 N–H and O–H groups in total. The summed E-state index contributed by atoms with van der Waals surface area (Å²) >= 11 is 0. The molecule has 1 aliphatic rings. The highest BCUT2D eigenvalue weighted by Gasteiger charge is 2.36. The highest BCUT2D eigenvalue weighted by Crippen LogP contribution is 2.25. The second-order valence-corrected chi connectivity index (χ2v) is 4.20. The highest BCUT2D eigenvalue weighted by atomic mass is 16.5. The number of carbonyl (C=O) groups excluding carboxylic acids is 2. The molecule has 1 aliphatic heterocycles. The SMILES string of the molecule is COc1cccc(C2(C)CNC(=O)C(=O)N2)c1. The molecule has 1 atom stereocenters. The molecule has 17 heavy (non-hydrogen) atoms. The summed E-state index contributed by atoms with van der Waals surface area (Å²) in [6.45, 7) is 2.23. The fourth-order valence-electron chi connectivity index (χ4n) is 1.83. The maximum Gasteiger partial charge on any atom is 0.310 e. The number of benzene rings is 1. The summed E-state index contributed by atoms with van der Waals surface area (Å²) in [5.74, 6) is -0.484. The zero-order valence-corrected chi connectivity index (χ0v) is 9.74. The first-order chi connectivity index (χ1) is 8.05. The molecule has 2 amide bonds. The predicted molar refractivity (Wildman–Crippen MR) is 61.5 cm³/mol. The summed E-state index contributed by atoms with van der Waals surface area (Å²) in [5, 5.41) is 5.27. The lowest BCUT2D eigenvalue weighted by molar-refractivity contribution is -0.142. The summed E-state index contributed by atoms with van der Waals surface area (Å²) in [5.41, 5.74) is 0.296. The van der Waals surface area contributed by atoms with Gasteiger partial charge >= 0.3 is 11.8 Å². The Balaban J connectivity index is 2.31. The molecule has 90 valence electrons. The van der Waals surface area contributed by atoms with E-state index in [9.17, 15) is 9.59 Å². The van der Waals surface area contributed by atoms with Crippen LogP contribution in [0.2, 0.25) is 0 Å². The lowest BCUT2D eigenvalue weighted by Gasteiger charge is -2.35. The maximum absolute atomic E-state index is 11.4. The van der Waals surface area contributed by atoms with E-state index >= 15 is 0 Å². The molecule has 5 nitrogen and oxygen atoms in total. The van der Waals surface area contributed by atoms with Crippen molar-refractivity contribution < 1.29 is 14.3 Å². The van der Waals surface area contributed by atoms with E-state index in [0.29, 0.717) is 6.54 Å². The topological polar surface area (TPSA) is 67.4 Å². The largest absolute Gasteiger partial charge is 0.497 e. The lowest BCUT2D eigenvalue weighted by atomic mass is 9.90. The van der Waals surface area contributed by atoms with Crippen molar-refractivity contribution in [1.82, 2.24) is 10.6 Å². The molecule has 0 saturated carbocycles. The van der Waals surface area contributed by atoms with Crippen LogP contribution in [0, 0.1) is 0 Å². The minimum atomic E-state index is -0.610. The van der Waals surface area contributed by atoms with Crippen molar-refractivity contribution in [2.75, 3.05) is 13.7 Å². The molecule has 1 aromatic rings. The van der Waals surface area contributed by atoms with Crippen LogP contribution in [0.3, 0.4) is 0 Å². The van der Waals surface area contributed by atoms with Gasteiger partial charge in [0.25, 0.3) is 0 Å². The van der Waals surface area contributed by atoms with Gasteiger partial charge in [-0.15, -0.1) is 0 Å². The van der Waals surface area contributed by atoms with Crippen LogP contribution in [0.1, 0.15) is 12.5 Å². The Morgan fingerprint density at radius 1 is 1.29 bits per heavy atom. The van der Waals surface area contributed by atoms with Gasteiger partial charge in [-0.3, -0.25) is 9.59 Å². The molecule has 0 aromatic heterocycles. The Kier molecular flexibility index (Phi) is 2.75.